The molecule has 27 heavy (non-hydrogen) atoms. The first kappa shape index (κ1) is 20.4. The maximum absolute atomic E-state index is 12.6. The SMILES string of the molecule is CCC(=O)N1CCCCC1C(=O)Nc1ccc(CC(=O)NCC(=O)O)cc1. The smallest absolute Gasteiger partial charge is 0.322 e. The van der Waals surface area contributed by atoms with E-state index in [1.165, 1.54) is 0 Å². The van der Waals surface area contributed by atoms with E-state index in [0.29, 0.717) is 30.6 Å². The van der Waals surface area contributed by atoms with Gasteiger partial charge in [0.15, 0.2) is 0 Å². The number of benzene rings is 1. The van der Waals surface area contributed by atoms with E-state index in [-0.39, 0.29) is 24.1 Å². The molecule has 1 aromatic rings. The Bertz CT molecular complexity index is 702. The van der Waals surface area contributed by atoms with E-state index in [2.05, 4.69) is 10.6 Å². The van der Waals surface area contributed by atoms with Gasteiger partial charge >= 0.3 is 5.97 Å². The molecule has 1 aromatic carbocycles. The van der Waals surface area contributed by atoms with Crippen LogP contribution in [0, 0.1) is 0 Å². The van der Waals surface area contributed by atoms with Crippen LogP contribution in [0.2, 0.25) is 0 Å². The number of likely N-dealkylation sites (tertiary alicyclic amines) is 1. The molecule has 3 N–H and O–H groups in total. The number of carbonyl (C=O) groups excluding carboxylic acids is 3. The van der Waals surface area contributed by atoms with Crippen molar-refractivity contribution in [2.45, 2.75) is 45.1 Å². The van der Waals surface area contributed by atoms with Gasteiger partial charge in [0.2, 0.25) is 17.7 Å². The number of rotatable bonds is 7. The second kappa shape index (κ2) is 9.70. The summed E-state index contributed by atoms with van der Waals surface area (Å²) in [7, 11) is 0. The Labute approximate surface area is 157 Å². The number of carbonyl (C=O) groups is 4. The predicted molar refractivity (Wildman–Crippen MR) is 99.1 cm³/mol. The van der Waals surface area contributed by atoms with Gasteiger partial charge in [0.05, 0.1) is 6.42 Å². The first-order valence-electron chi connectivity index (χ1n) is 9.08. The summed E-state index contributed by atoms with van der Waals surface area (Å²) in [6.45, 7) is 1.98. The van der Waals surface area contributed by atoms with Crippen LogP contribution < -0.4 is 10.6 Å². The van der Waals surface area contributed by atoms with Gasteiger partial charge in [-0.1, -0.05) is 19.1 Å². The van der Waals surface area contributed by atoms with Crippen molar-refractivity contribution >= 4 is 29.4 Å². The summed E-state index contributed by atoms with van der Waals surface area (Å²) in [5.41, 5.74) is 1.29. The Balaban J connectivity index is 1.93. The van der Waals surface area contributed by atoms with Crippen molar-refractivity contribution in [1.29, 1.82) is 0 Å². The van der Waals surface area contributed by atoms with Crippen molar-refractivity contribution < 1.29 is 24.3 Å². The van der Waals surface area contributed by atoms with Crippen molar-refractivity contribution in [3.05, 3.63) is 29.8 Å². The number of carboxylic acids is 1. The molecule has 8 nitrogen and oxygen atoms in total. The number of piperidine rings is 1. The molecule has 0 bridgehead atoms. The fraction of sp³-hybridized carbons (Fsp3) is 0.474. The quantitative estimate of drug-likeness (QED) is 0.661. The van der Waals surface area contributed by atoms with Crippen molar-refractivity contribution in [1.82, 2.24) is 10.2 Å². The monoisotopic (exact) mass is 375 g/mol. The molecular weight excluding hydrogens is 350 g/mol. The summed E-state index contributed by atoms with van der Waals surface area (Å²) in [6, 6.07) is 6.32. The van der Waals surface area contributed by atoms with Crippen LogP contribution in [-0.2, 0) is 25.6 Å². The van der Waals surface area contributed by atoms with Gasteiger partial charge in [-0.25, -0.2) is 0 Å². The number of nitrogens with zero attached hydrogens (tertiary/aromatic N) is 1. The first-order chi connectivity index (χ1) is 12.9. The maximum atomic E-state index is 12.6. The summed E-state index contributed by atoms with van der Waals surface area (Å²) in [5, 5.41) is 13.7. The molecule has 1 saturated heterocycles. The van der Waals surface area contributed by atoms with Crippen LogP contribution in [0.4, 0.5) is 5.69 Å². The van der Waals surface area contributed by atoms with Crippen molar-refractivity contribution in [3.63, 3.8) is 0 Å². The topological polar surface area (TPSA) is 116 Å². The van der Waals surface area contributed by atoms with Gasteiger partial charge < -0.3 is 20.6 Å². The van der Waals surface area contributed by atoms with Crippen LogP contribution in [0.15, 0.2) is 24.3 Å². The lowest BCUT2D eigenvalue weighted by Gasteiger charge is -2.34. The van der Waals surface area contributed by atoms with Crippen LogP contribution in [0.25, 0.3) is 0 Å². The molecule has 1 heterocycles. The number of nitrogens with one attached hydrogen (secondary N) is 2. The Morgan fingerprint density at radius 2 is 1.85 bits per heavy atom. The fourth-order valence-electron chi connectivity index (χ4n) is 3.06. The summed E-state index contributed by atoms with van der Waals surface area (Å²) in [4.78, 5) is 48.4. The van der Waals surface area contributed by atoms with E-state index in [9.17, 15) is 19.2 Å². The Morgan fingerprint density at radius 1 is 1.15 bits per heavy atom. The van der Waals surface area contributed by atoms with E-state index in [4.69, 9.17) is 5.11 Å². The fourth-order valence-corrected chi connectivity index (χ4v) is 3.06. The molecule has 0 spiro atoms. The largest absolute Gasteiger partial charge is 0.480 e. The molecule has 2 rings (SSSR count). The van der Waals surface area contributed by atoms with Gasteiger partial charge in [-0.2, -0.15) is 0 Å². The molecule has 0 saturated carbocycles. The zero-order valence-electron chi connectivity index (χ0n) is 15.4. The molecule has 1 unspecified atom stereocenters. The van der Waals surface area contributed by atoms with Crippen LogP contribution in [0.1, 0.15) is 38.2 Å². The van der Waals surface area contributed by atoms with Gasteiger partial charge in [-0.15, -0.1) is 0 Å². The lowest BCUT2D eigenvalue weighted by atomic mass is 10.0. The molecule has 3 amide bonds. The van der Waals surface area contributed by atoms with E-state index >= 15 is 0 Å². The predicted octanol–water partition coefficient (Wildman–Crippen LogP) is 1.16. The first-order valence-corrected chi connectivity index (χ1v) is 9.08. The minimum absolute atomic E-state index is 0.0161. The lowest BCUT2D eigenvalue weighted by Crippen LogP contribution is -2.49. The highest BCUT2D eigenvalue weighted by atomic mass is 16.4. The van der Waals surface area contributed by atoms with Gasteiger partial charge in [-0.05, 0) is 37.0 Å². The average Bonchev–Trinajstić information content (AvgIpc) is 2.67. The molecule has 1 atom stereocenters. The highest BCUT2D eigenvalue weighted by Crippen LogP contribution is 2.20. The van der Waals surface area contributed by atoms with E-state index in [1.807, 2.05) is 0 Å². The van der Waals surface area contributed by atoms with Gasteiger partial charge in [0, 0.05) is 18.7 Å². The number of hydrogen-bond acceptors (Lipinski definition) is 4. The number of aliphatic carboxylic acids is 1. The normalized spacial score (nSPS) is 16.5. The third kappa shape index (κ3) is 6.09. The Hall–Kier alpha value is -2.90. The summed E-state index contributed by atoms with van der Waals surface area (Å²) < 4.78 is 0. The summed E-state index contributed by atoms with van der Waals surface area (Å²) in [6.07, 6.45) is 2.91. The van der Waals surface area contributed by atoms with Crippen LogP contribution >= 0.6 is 0 Å². The lowest BCUT2D eigenvalue weighted by molar-refractivity contribution is -0.140. The van der Waals surface area contributed by atoms with E-state index in [0.717, 1.165) is 12.8 Å². The number of anilines is 1. The minimum Gasteiger partial charge on any atom is -0.480 e. The van der Waals surface area contributed by atoms with Crippen LogP contribution in [-0.4, -0.2) is 52.8 Å². The molecule has 0 radical (unpaired) electrons. The molecule has 1 aliphatic rings. The molecular formula is C19H25N3O5. The third-order valence-electron chi connectivity index (χ3n) is 4.45. The maximum Gasteiger partial charge on any atom is 0.322 e. The average molecular weight is 375 g/mol. The molecule has 0 aromatic heterocycles. The minimum atomic E-state index is -1.10. The molecule has 8 heteroatoms. The molecule has 1 fully saturated rings. The van der Waals surface area contributed by atoms with Crippen LogP contribution in [0.5, 0.6) is 0 Å². The van der Waals surface area contributed by atoms with E-state index in [1.54, 1.807) is 36.1 Å². The van der Waals surface area contributed by atoms with Gasteiger partial charge in [-0.3, -0.25) is 19.2 Å². The zero-order chi connectivity index (χ0) is 19.8. The Kier molecular flexibility index (Phi) is 7.34. The third-order valence-corrected chi connectivity index (χ3v) is 4.45. The van der Waals surface area contributed by atoms with Crippen LogP contribution in [0.3, 0.4) is 0 Å². The summed E-state index contributed by atoms with van der Waals surface area (Å²) in [5.74, 6) is -1.70. The van der Waals surface area contributed by atoms with Gasteiger partial charge in [0.25, 0.3) is 0 Å². The number of carboxylic acid groups (broad SMARTS) is 1. The molecule has 1 aliphatic heterocycles. The van der Waals surface area contributed by atoms with Gasteiger partial charge in [0.1, 0.15) is 12.6 Å². The van der Waals surface area contributed by atoms with Crippen molar-refractivity contribution in [2.24, 2.45) is 0 Å². The molecule has 146 valence electrons. The Morgan fingerprint density at radius 3 is 2.48 bits per heavy atom. The highest BCUT2D eigenvalue weighted by molar-refractivity contribution is 5.97. The second-order valence-corrected chi connectivity index (χ2v) is 6.49. The summed E-state index contributed by atoms with van der Waals surface area (Å²) >= 11 is 0. The van der Waals surface area contributed by atoms with Crippen molar-refractivity contribution in [3.8, 4) is 0 Å². The van der Waals surface area contributed by atoms with Crippen molar-refractivity contribution in [2.75, 3.05) is 18.4 Å². The zero-order valence-corrected chi connectivity index (χ0v) is 15.4. The highest BCUT2D eigenvalue weighted by Gasteiger charge is 2.31. The number of hydrogen-bond donors (Lipinski definition) is 3. The standard InChI is InChI=1S/C19H25N3O5/c1-2-17(24)22-10-4-3-5-15(22)19(27)21-14-8-6-13(7-9-14)11-16(23)20-12-18(25)26/h6-9,15H,2-5,10-12H2,1H3,(H,20,23)(H,21,27)(H,25,26). The second-order valence-electron chi connectivity index (χ2n) is 6.49. The van der Waals surface area contributed by atoms with E-state index < -0.39 is 18.6 Å². The molecule has 0 aliphatic carbocycles. The number of amides is 3.